The number of hydrogen-bond acceptors (Lipinski definition) is 4. The van der Waals surface area contributed by atoms with Gasteiger partial charge in [-0.15, -0.1) is 0 Å². The van der Waals surface area contributed by atoms with Gasteiger partial charge in [-0.1, -0.05) is 12.2 Å². The van der Waals surface area contributed by atoms with E-state index in [0.717, 1.165) is 10.7 Å². The van der Waals surface area contributed by atoms with Crippen molar-refractivity contribution in [1.82, 2.24) is 9.78 Å². The van der Waals surface area contributed by atoms with Gasteiger partial charge in [0, 0.05) is 41.5 Å². The van der Waals surface area contributed by atoms with Gasteiger partial charge in [0.1, 0.15) is 5.82 Å². The molecular formula is C16H16F4N4S. The molecule has 0 spiro atoms. The van der Waals surface area contributed by atoms with Gasteiger partial charge < -0.3 is 11.1 Å². The molecule has 1 heterocycles. The number of thiocarbonyl (C=S) groups is 1. The molecule has 1 aromatic carbocycles. The first kappa shape index (κ1) is 18.9. The van der Waals surface area contributed by atoms with E-state index in [1.54, 1.807) is 13.0 Å². The highest BCUT2D eigenvalue weighted by Gasteiger charge is 2.34. The third-order valence-electron chi connectivity index (χ3n) is 3.55. The molecule has 0 aliphatic carbocycles. The highest BCUT2D eigenvalue weighted by atomic mass is 32.1. The highest BCUT2D eigenvalue weighted by molar-refractivity contribution is 7.79. The third-order valence-corrected chi connectivity index (χ3v) is 3.83. The van der Waals surface area contributed by atoms with Crippen LogP contribution in [0, 0.1) is 5.82 Å². The summed E-state index contributed by atoms with van der Waals surface area (Å²) in [5.74, 6) is -0.668. The smallest absolute Gasteiger partial charge is 0.402 e. The SMILES string of the molecule is CC(N)=C(C=S)CNc1ccc(-c2cc(C(F)(F)F)nn2C)c(F)c1. The molecule has 0 atom stereocenters. The van der Waals surface area contributed by atoms with Crippen molar-refractivity contribution in [2.24, 2.45) is 12.8 Å². The van der Waals surface area contributed by atoms with Crippen LogP contribution >= 0.6 is 12.2 Å². The molecule has 1 aromatic heterocycles. The zero-order chi connectivity index (χ0) is 18.8. The Morgan fingerprint density at radius 1 is 1.36 bits per heavy atom. The molecule has 2 aromatic rings. The maximum absolute atomic E-state index is 14.4. The van der Waals surface area contributed by atoms with E-state index in [0.29, 0.717) is 23.5 Å². The number of anilines is 1. The minimum absolute atomic E-state index is 0.0247. The van der Waals surface area contributed by atoms with E-state index >= 15 is 0 Å². The van der Waals surface area contributed by atoms with Gasteiger partial charge in [0.05, 0.1) is 5.69 Å². The lowest BCUT2D eigenvalue weighted by atomic mass is 10.1. The minimum Gasteiger partial charge on any atom is -0.402 e. The number of hydrogen-bond donors (Lipinski definition) is 2. The van der Waals surface area contributed by atoms with Gasteiger partial charge in [-0.2, -0.15) is 18.3 Å². The minimum atomic E-state index is -4.59. The summed E-state index contributed by atoms with van der Waals surface area (Å²) in [6.45, 7) is 2.01. The lowest BCUT2D eigenvalue weighted by molar-refractivity contribution is -0.141. The van der Waals surface area contributed by atoms with Gasteiger partial charge in [0.2, 0.25) is 0 Å². The number of aromatic nitrogens is 2. The number of nitrogens with two attached hydrogens (primary N) is 1. The summed E-state index contributed by atoms with van der Waals surface area (Å²) in [6, 6.07) is 4.97. The van der Waals surface area contributed by atoms with Crippen molar-refractivity contribution < 1.29 is 17.6 Å². The van der Waals surface area contributed by atoms with Crippen molar-refractivity contribution >= 4 is 23.3 Å². The van der Waals surface area contributed by atoms with E-state index in [-0.39, 0.29) is 11.3 Å². The predicted molar refractivity (Wildman–Crippen MR) is 92.6 cm³/mol. The van der Waals surface area contributed by atoms with Crippen LogP contribution in [0.15, 0.2) is 35.5 Å². The van der Waals surface area contributed by atoms with Crippen molar-refractivity contribution in [3.05, 3.63) is 47.0 Å². The standard InChI is InChI=1S/C16H16F4N4S/c1-9(21)10(8-25)7-22-11-3-4-12(13(17)5-11)14-6-15(16(18,19)20)23-24(14)2/h3-6,8,22H,7,21H2,1-2H3. The summed E-state index contributed by atoms with van der Waals surface area (Å²) < 4.78 is 53.6. The van der Waals surface area contributed by atoms with Gasteiger partial charge in [-0.05, 0) is 31.2 Å². The molecule has 9 heteroatoms. The van der Waals surface area contributed by atoms with Crippen LogP contribution < -0.4 is 11.1 Å². The molecule has 134 valence electrons. The summed E-state index contributed by atoms with van der Waals surface area (Å²) in [5.41, 5.74) is 6.35. The molecule has 0 bridgehead atoms. The quantitative estimate of drug-likeness (QED) is 0.475. The lowest BCUT2D eigenvalue weighted by Crippen LogP contribution is -2.10. The first-order valence-electron chi connectivity index (χ1n) is 7.19. The summed E-state index contributed by atoms with van der Waals surface area (Å²) >= 11 is 4.84. The van der Waals surface area contributed by atoms with Gasteiger partial charge >= 0.3 is 6.18 Å². The number of rotatable bonds is 5. The van der Waals surface area contributed by atoms with Crippen LogP contribution in [0.2, 0.25) is 0 Å². The van der Waals surface area contributed by atoms with E-state index in [9.17, 15) is 17.6 Å². The second-order valence-corrected chi connectivity index (χ2v) is 5.65. The molecule has 4 nitrogen and oxygen atoms in total. The van der Waals surface area contributed by atoms with Gasteiger partial charge in [-0.3, -0.25) is 4.68 Å². The molecule has 0 fully saturated rings. The summed E-state index contributed by atoms with van der Waals surface area (Å²) in [5, 5.41) is 7.78. The van der Waals surface area contributed by atoms with Crippen LogP contribution in [0.3, 0.4) is 0 Å². The van der Waals surface area contributed by atoms with Crippen LogP contribution in [0.25, 0.3) is 11.3 Å². The van der Waals surface area contributed by atoms with Crippen LogP contribution in [0.4, 0.5) is 23.2 Å². The fraction of sp³-hybridized carbons (Fsp3) is 0.250. The molecular weight excluding hydrogens is 356 g/mol. The molecule has 0 aliphatic rings. The Hall–Kier alpha value is -2.42. The molecule has 3 N–H and O–H groups in total. The van der Waals surface area contributed by atoms with Crippen molar-refractivity contribution in [2.75, 3.05) is 11.9 Å². The average molecular weight is 372 g/mol. The van der Waals surface area contributed by atoms with E-state index in [1.807, 2.05) is 0 Å². The molecule has 0 saturated carbocycles. The lowest BCUT2D eigenvalue weighted by Gasteiger charge is -2.10. The van der Waals surface area contributed by atoms with E-state index in [1.165, 1.54) is 24.5 Å². The van der Waals surface area contributed by atoms with E-state index < -0.39 is 17.7 Å². The van der Waals surface area contributed by atoms with Crippen LogP contribution in [-0.4, -0.2) is 21.7 Å². The van der Waals surface area contributed by atoms with Gasteiger partial charge in [0.15, 0.2) is 5.69 Å². The number of benzene rings is 1. The molecule has 0 radical (unpaired) electrons. The fourth-order valence-corrected chi connectivity index (χ4v) is 2.43. The average Bonchev–Trinajstić information content (AvgIpc) is 2.89. The Labute approximate surface area is 147 Å². The van der Waals surface area contributed by atoms with E-state index in [4.69, 9.17) is 18.0 Å². The summed E-state index contributed by atoms with van der Waals surface area (Å²) in [6.07, 6.45) is -4.59. The number of allylic oxidation sites excluding steroid dienone is 1. The molecule has 0 amide bonds. The summed E-state index contributed by atoms with van der Waals surface area (Å²) in [4.78, 5) is 0. The molecule has 0 aliphatic heterocycles. The molecule has 25 heavy (non-hydrogen) atoms. The maximum Gasteiger partial charge on any atom is 0.435 e. The monoisotopic (exact) mass is 372 g/mol. The maximum atomic E-state index is 14.4. The molecule has 0 unspecified atom stereocenters. The fourth-order valence-electron chi connectivity index (χ4n) is 2.16. The number of nitrogens with one attached hydrogen (secondary N) is 1. The highest BCUT2D eigenvalue weighted by Crippen LogP contribution is 2.32. The molecule has 0 saturated heterocycles. The van der Waals surface area contributed by atoms with Crippen LogP contribution in [-0.2, 0) is 13.2 Å². The second-order valence-electron chi connectivity index (χ2n) is 5.41. The number of nitrogens with zero attached hydrogens (tertiary/aromatic N) is 2. The summed E-state index contributed by atoms with van der Waals surface area (Å²) in [7, 11) is 1.33. The topological polar surface area (TPSA) is 55.9 Å². The first-order valence-corrected chi connectivity index (χ1v) is 7.66. The normalized spacial score (nSPS) is 12.7. The van der Waals surface area contributed by atoms with Crippen LogP contribution in [0.1, 0.15) is 12.6 Å². The zero-order valence-corrected chi connectivity index (χ0v) is 14.3. The van der Waals surface area contributed by atoms with Crippen molar-refractivity contribution in [3.63, 3.8) is 0 Å². The largest absolute Gasteiger partial charge is 0.435 e. The number of alkyl halides is 3. The second kappa shape index (κ2) is 7.22. The van der Waals surface area contributed by atoms with Crippen molar-refractivity contribution in [1.29, 1.82) is 0 Å². The first-order chi connectivity index (χ1) is 11.6. The van der Waals surface area contributed by atoms with Gasteiger partial charge in [0.25, 0.3) is 0 Å². The number of halogens is 4. The Kier molecular flexibility index (Phi) is 5.46. The predicted octanol–water partition coefficient (Wildman–Crippen LogP) is 3.89. The Balaban J connectivity index is 2.27. The number of aryl methyl sites for hydroxylation is 1. The Bertz CT molecular complexity index is 820. The Morgan fingerprint density at radius 2 is 2.04 bits per heavy atom. The van der Waals surface area contributed by atoms with E-state index in [2.05, 4.69) is 10.4 Å². The third kappa shape index (κ3) is 4.36. The zero-order valence-electron chi connectivity index (χ0n) is 13.5. The van der Waals surface area contributed by atoms with Gasteiger partial charge in [-0.25, -0.2) is 4.39 Å². The Morgan fingerprint density at radius 3 is 2.52 bits per heavy atom. The molecule has 2 rings (SSSR count). The van der Waals surface area contributed by atoms with Crippen molar-refractivity contribution in [2.45, 2.75) is 13.1 Å². The van der Waals surface area contributed by atoms with Crippen molar-refractivity contribution in [3.8, 4) is 11.3 Å². The van der Waals surface area contributed by atoms with Crippen LogP contribution in [0.5, 0.6) is 0 Å².